The van der Waals surface area contributed by atoms with Gasteiger partial charge in [0.2, 0.25) is 0 Å². The molecular formula is C26H25FN2. The predicted octanol–water partition coefficient (Wildman–Crippen LogP) is 6.35. The number of H-pyrrole nitrogens is 1. The molecule has 0 aliphatic carbocycles. The van der Waals surface area contributed by atoms with Crippen molar-refractivity contribution >= 4 is 10.9 Å². The van der Waals surface area contributed by atoms with E-state index in [2.05, 4.69) is 70.5 Å². The molecule has 29 heavy (non-hydrogen) atoms. The van der Waals surface area contributed by atoms with Crippen LogP contribution in [0.1, 0.15) is 29.9 Å². The third-order valence-corrected chi connectivity index (χ3v) is 6.17. The molecule has 4 aromatic rings. The molecular weight excluding hydrogens is 359 g/mol. The van der Waals surface area contributed by atoms with E-state index in [0.29, 0.717) is 5.92 Å². The fourth-order valence-electron chi connectivity index (χ4n) is 4.62. The molecule has 1 aliphatic rings. The molecule has 0 spiro atoms. The SMILES string of the molecule is Fc1cccc(C2CCN(Cc3c(-c4ccccc4)[nH]c4ccccc34)CC2)c1. The number of rotatable bonds is 4. The van der Waals surface area contributed by atoms with E-state index in [1.807, 2.05) is 6.07 Å². The van der Waals surface area contributed by atoms with Gasteiger partial charge in [-0.15, -0.1) is 0 Å². The highest BCUT2D eigenvalue weighted by Gasteiger charge is 2.23. The number of aromatic amines is 1. The van der Waals surface area contributed by atoms with Gasteiger partial charge in [0.05, 0.1) is 5.69 Å². The van der Waals surface area contributed by atoms with Gasteiger partial charge < -0.3 is 4.98 Å². The highest BCUT2D eigenvalue weighted by Crippen LogP contribution is 2.34. The summed E-state index contributed by atoms with van der Waals surface area (Å²) < 4.78 is 13.6. The fourth-order valence-corrected chi connectivity index (χ4v) is 4.62. The Kier molecular flexibility index (Phi) is 4.91. The van der Waals surface area contributed by atoms with Crippen LogP contribution in [0.25, 0.3) is 22.2 Å². The van der Waals surface area contributed by atoms with Gasteiger partial charge in [0.1, 0.15) is 5.82 Å². The van der Waals surface area contributed by atoms with Crippen molar-refractivity contribution in [2.45, 2.75) is 25.3 Å². The lowest BCUT2D eigenvalue weighted by Gasteiger charge is -2.32. The first kappa shape index (κ1) is 18.1. The molecule has 0 bridgehead atoms. The maximum atomic E-state index is 13.6. The lowest BCUT2D eigenvalue weighted by atomic mass is 9.89. The number of hydrogen-bond donors (Lipinski definition) is 1. The number of hydrogen-bond acceptors (Lipinski definition) is 1. The minimum absolute atomic E-state index is 0.128. The van der Waals surface area contributed by atoms with E-state index in [-0.39, 0.29) is 5.82 Å². The zero-order chi connectivity index (χ0) is 19.6. The van der Waals surface area contributed by atoms with Crippen LogP contribution in [0.3, 0.4) is 0 Å². The van der Waals surface area contributed by atoms with Crippen molar-refractivity contribution in [3.63, 3.8) is 0 Å². The van der Waals surface area contributed by atoms with Gasteiger partial charge in [0.15, 0.2) is 0 Å². The molecule has 3 heteroatoms. The summed E-state index contributed by atoms with van der Waals surface area (Å²) in [4.78, 5) is 6.18. The van der Waals surface area contributed by atoms with E-state index in [4.69, 9.17) is 0 Å². The number of nitrogens with zero attached hydrogens (tertiary/aromatic N) is 1. The Morgan fingerprint density at radius 1 is 0.862 bits per heavy atom. The Labute approximate surface area is 171 Å². The number of fused-ring (bicyclic) bond motifs is 1. The van der Waals surface area contributed by atoms with Crippen LogP contribution >= 0.6 is 0 Å². The van der Waals surface area contributed by atoms with Crippen molar-refractivity contribution < 1.29 is 4.39 Å². The monoisotopic (exact) mass is 384 g/mol. The normalized spacial score (nSPS) is 15.8. The number of para-hydroxylation sites is 1. The van der Waals surface area contributed by atoms with Crippen LogP contribution in [0.5, 0.6) is 0 Å². The summed E-state index contributed by atoms with van der Waals surface area (Å²) in [5.41, 5.74) is 6.15. The topological polar surface area (TPSA) is 19.0 Å². The third kappa shape index (κ3) is 3.70. The molecule has 0 atom stereocenters. The maximum absolute atomic E-state index is 13.6. The van der Waals surface area contributed by atoms with Gasteiger partial charge in [-0.05, 0) is 66.7 Å². The first-order valence-corrected chi connectivity index (χ1v) is 10.4. The Morgan fingerprint density at radius 3 is 2.41 bits per heavy atom. The van der Waals surface area contributed by atoms with Gasteiger partial charge in [-0.2, -0.15) is 0 Å². The molecule has 146 valence electrons. The van der Waals surface area contributed by atoms with Crippen LogP contribution < -0.4 is 0 Å². The molecule has 0 saturated carbocycles. The number of benzene rings is 3. The zero-order valence-corrected chi connectivity index (χ0v) is 16.4. The summed E-state index contributed by atoms with van der Waals surface area (Å²) in [5.74, 6) is 0.328. The molecule has 1 aliphatic heterocycles. The second kappa shape index (κ2) is 7.84. The lowest BCUT2D eigenvalue weighted by Crippen LogP contribution is -2.32. The predicted molar refractivity (Wildman–Crippen MR) is 117 cm³/mol. The summed E-state index contributed by atoms with van der Waals surface area (Å²) in [7, 11) is 0. The number of piperidine rings is 1. The molecule has 1 N–H and O–H groups in total. The van der Waals surface area contributed by atoms with Crippen LogP contribution in [0.4, 0.5) is 4.39 Å². The second-order valence-corrected chi connectivity index (χ2v) is 8.00. The third-order valence-electron chi connectivity index (χ3n) is 6.17. The van der Waals surface area contributed by atoms with E-state index in [1.54, 1.807) is 6.07 Å². The average molecular weight is 384 g/mol. The van der Waals surface area contributed by atoms with Gasteiger partial charge >= 0.3 is 0 Å². The van der Waals surface area contributed by atoms with Crippen LogP contribution in [-0.2, 0) is 6.54 Å². The summed E-state index contributed by atoms with van der Waals surface area (Å²) in [6, 6.07) is 26.3. The first-order chi connectivity index (χ1) is 14.3. The lowest BCUT2D eigenvalue weighted by molar-refractivity contribution is 0.205. The summed E-state index contributed by atoms with van der Waals surface area (Å²) >= 11 is 0. The van der Waals surface area contributed by atoms with E-state index >= 15 is 0 Å². The average Bonchev–Trinajstić information content (AvgIpc) is 3.13. The van der Waals surface area contributed by atoms with E-state index in [1.165, 1.54) is 33.8 Å². The minimum Gasteiger partial charge on any atom is -0.354 e. The summed E-state index contributed by atoms with van der Waals surface area (Å²) in [5, 5.41) is 1.30. The van der Waals surface area contributed by atoms with Crippen molar-refractivity contribution in [1.82, 2.24) is 9.88 Å². The van der Waals surface area contributed by atoms with Gasteiger partial charge in [0.25, 0.3) is 0 Å². The second-order valence-electron chi connectivity index (χ2n) is 8.00. The number of likely N-dealkylation sites (tertiary alicyclic amines) is 1. The van der Waals surface area contributed by atoms with Crippen molar-refractivity contribution in [2.24, 2.45) is 0 Å². The molecule has 0 amide bonds. The Bertz CT molecular complexity index is 1110. The molecule has 0 radical (unpaired) electrons. The molecule has 0 unspecified atom stereocenters. The molecule has 1 fully saturated rings. The minimum atomic E-state index is -0.128. The molecule has 2 nitrogen and oxygen atoms in total. The van der Waals surface area contributed by atoms with Crippen LogP contribution in [0, 0.1) is 5.82 Å². The van der Waals surface area contributed by atoms with Gasteiger partial charge in [0, 0.05) is 17.4 Å². The zero-order valence-electron chi connectivity index (χ0n) is 16.4. The van der Waals surface area contributed by atoms with Crippen LogP contribution in [-0.4, -0.2) is 23.0 Å². The number of aromatic nitrogens is 1. The molecule has 1 aromatic heterocycles. The maximum Gasteiger partial charge on any atom is 0.123 e. The number of nitrogens with one attached hydrogen (secondary N) is 1. The standard InChI is InChI=1S/C26H25FN2/c27-22-10-6-9-21(17-22)19-13-15-29(16-14-19)18-24-23-11-4-5-12-25(23)28-26(24)20-7-2-1-3-8-20/h1-12,17,19,28H,13-16,18H2. The Morgan fingerprint density at radius 2 is 1.62 bits per heavy atom. The van der Waals surface area contributed by atoms with E-state index < -0.39 is 0 Å². The van der Waals surface area contributed by atoms with Gasteiger partial charge in [-0.25, -0.2) is 4.39 Å². The largest absolute Gasteiger partial charge is 0.354 e. The molecule has 5 rings (SSSR count). The van der Waals surface area contributed by atoms with E-state index in [0.717, 1.165) is 38.0 Å². The quantitative estimate of drug-likeness (QED) is 0.434. The van der Waals surface area contributed by atoms with Gasteiger partial charge in [-0.1, -0.05) is 60.7 Å². The summed E-state index contributed by atoms with van der Waals surface area (Å²) in [6.07, 6.45) is 2.15. The molecule has 3 aromatic carbocycles. The highest BCUT2D eigenvalue weighted by molar-refractivity contribution is 5.90. The fraction of sp³-hybridized carbons (Fsp3) is 0.231. The first-order valence-electron chi connectivity index (χ1n) is 10.4. The number of halogens is 1. The van der Waals surface area contributed by atoms with Crippen molar-refractivity contribution in [3.05, 3.63) is 95.8 Å². The summed E-state index contributed by atoms with van der Waals surface area (Å²) in [6.45, 7) is 3.01. The van der Waals surface area contributed by atoms with Crippen molar-refractivity contribution in [1.29, 1.82) is 0 Å². The van der Waals surface area contributed by atoms with Crippen molar-refractivity contribution in [3.8, 4) is 11.3 Å². The highest BCUT2D eigenvalue weighted by atomic mass is 19.1. The molecule has 1 saturated heterocycles. The molecule has 2 heterocycles. The Hall–Kier alpha value is -2.91. The Balaban J connectivity index is 1.38. The van der Waals surface area contributed by atoms with Crippen LogP contribution in [0.15, 0.2) is 78.9 Å². The van der Waals surface area contributed by atoms with E-state index in [9.17, 15) is 4.39 Å². The van der Waals surface area contributed by atoms with Crippen molar-refractivity contribution in [2.75, 3.05) is 13.1 Å². The smallest absolute Gasteiger partial charge is 0.123 e. The van der Waals surface area contributed by atoms with Crippen LogP contribution in [0.2, 0.25) is 0 Å². The van der Waals surface area contributed by atoms with Gasteiger partial charge in [-0.3, -0.25) is 4.90 Å².